The molecular weight excluding hydrogens is 148 g/mol. The van der Waals surface area contributed by atoms with Crippen molar-refractivity contribution in [2.24, 2.45) is 0 Å². The fourth-order valence-corrected chi connectivity index (χ4v) is 1.11. The summed E-state index contributed by atoms with van der Waals surface area (Å²) < 4.78 is 0. The maximum Gasteiger partial charge on any atom is 0.0335 e. The number of nitrogens with one attached hydrogen (secondary N) is 1. The molecule has 0 bridgehead atoms. The summed E-state index contributed by atoms with van der Waals surface area (Å²) in [5, 5.41) is 3.11. The van der Waals surface area contributed by atoms with Crippen LogP contribution in [0.25, 0.3) is 0 Å². The largest absolute Gasteiger partial charge is 0.388 e. The van der Waals surface area contributed by atoms with Crippen LogP contribution >= 0.6 is 0 Å². The van der Waals surface area contributed by atoms with Crippen molar-refractivity contribution in [3.63, 3.8) is 0 Å². The predicted molar refractivity (Wildman–Crippen MR) is 52.7 cm³/mol. The molecule has 0 aliphatic heterocycles. The zero-order valence-corrected chi connectivity index (χ0v) is 7.96. The number of hydrogen-bond acceptors (Lipinski definition) is 2. The second-order valence-corrected chi connectivity index (χ2v) is 3.03. The van der Waals surface area contributed by atoms with Crippen LogP contribution in [0.15, 0.2) is 35.7 Å². The van der Waals surface area contributed by atoms with E-state index in [0.717, 1.165) is 12.1 Å². The zero-order valence-electron chi connectivity index (χ0n) is 7.96. The minimum Gasteiger partial charge on any atom is -0.388 e. The molecule has 0 heterocycles. The molecule has 66 valence electrons. The Labute approximate surface area is 74.3 Å². The lowest BCUT2D eigenvalue weighted by Crippen LogP contribution is -2.09. The Kier molecular flexibility index (Phi) is 2.97. The maximum absolute atomic E-state index is 3.11. The van der Waals surface area contributed by atoms with Crippen LogP contribution in [0, 0.1) is 0 Å². The number of likely N-dealkylation sites (N-methyl/N-ethyl adjacent to an activating group) is 1. The molecule has 0 saturated carbocycles. The standard InChI is InChI=1S/C10H16N2/c1-11-9-5-4-6-10(8-7-9)12(2)3/h4-5,7-8,11H,6H2,1-3H3. The van der Waals surface area contributed by atoms with Gasteiger partial charge in [-0.05, 0) is 18.2 Å². The Hall–Kier alpha value is -1.18. The van der Waals surface area contributed by atoms with E-state index < -0.39 is 0 Å². The summed E-state index contributed by atoms with van der Waals surface area (Å²) in [7, 11) is 6.07. The van der Waals surface area contributed by atoms with Crippen molar-refractivity contribution in [3.8, 4) is 0 Å². The monoisotopic (exact) mass is 164 g/mol. The summed E-state index contributed by atoms with van der Waals surface area (Å²) in [5.41, 5.74) is 2.49. The molecular formula is C10H16N2. The van der Waals surface area contributed by atoms with E-state index in [1.54, 1.807) is 0 Å². The molecule has 12 heavy (non-hydrogen) atoms. The van der Waals surface area contributed by atoms with Crippen LogP contribution in [0.4, 0.5) is 0 Å². The first kappa shape index (κ1) is 8.91. The zero-order chi connectivity index (χ0) is 8.97. The van der Waals surface area contributed by atoms with E-state index in [4.69, 9.17) is 0 Å². The molecule has 1 aliphatic rings. The van der Waals surface area contributed by atoms with Gasteiger partial charge in [-0.1, -0.05) is 6.08 Å². The third kappa shape index (κ3) is 2.16. The summed E-state index contributed by atoms with van der Waals surface area (Å²) >= 11 is 0. The summed E-state index contributed by atoms with van der Waals surface area (Å²) in [4.78, 5) is 2.14. The third-order valence-electron chi connectivity index (χ3n) is 1.94. The first-order valence-electron chi connectivity index (χ1n) is 4.16. The smallest absolute Gasteiger partial charge is 0.0335 e. The fourth-order valence-electron chi connectivity index (χ4n) is 1.11. The molecule has 0 spiro atoms. The van der Waals surface area contributed by atoms with Crippen molar-refractivity contribution in [2.75, 3.05) is 21.1 Å². The normalized spacial score (nSPS) is 16.2. The van der Waals surface area contributed by atoms with Crippen molar-refractivity contribution in [1.82, 2.24) is 10.2 Å². The Morgan fingerprint density at radius 3 is 2.67 bits per heavy atom. The van der Waals surface area contributed by atoms with Crippen LogP contribution in [0.2, 0.25) is 0 Å². The van der Waals surface area contributed by atoms with Crippen LogP contribution < -0.4 is 5.32 Å². The van der Waals surface area contributed by atoms with Crippen LogP contribution in [0.5, 0.6) is 0 Å². The highest BCUT2D eigenvalue weighted by Crippen LogP contribution is 2.10. The summed E-state index contributed by atoms with van der Waals surface area (Å²) in [6, 6.07) is 0. The second kappa shape index (κ2) is 4.00. The van der Waals surface area contributed by atoms with Gasteiger partial charge in [0.15, 0.2) is 0 Å². The molecule has 2 heteroatoms. The van der Waals surface area contributed by atoms with Gasteiger partial charge in [0.1, 0.15) is 0 Å². The molecule has 0 radical (unpaired) electrons. The lowest BCUT2D eigenvalue weighted by Gasteiger charge is -2.14. The average Bonchev–Trinajstić information content (AvgIpc) is 2.28. The van der Waals surface area contributed by atoms with E-state index in [0.29, 0.717) is 0 Å². The van der Waals surface area contributed by atoms with Gasteiger partial charge >= 0.3 is 0 Å². The van der Waals surface area contributed by atoms with E-state index in [1.807, 2.05) is 7.05 Å². The van der Waals surface area contributed by atoms with E-state index >= 15 is 0 Å². The summed E-state index contributed by atoms with van der Waals surface area (Å²) in [5.74, 6) is 0. The Bertz CT molecular complexity index is 234. The van der Waals surface area contributed by atoms with E-state index in [2.05, 4.69) is 48.6 Å². The van der Waals surface area contributed by atoms with Crippen LogP contribution in [0.1, 0.15) is 6.42 Å². The molecule has 1 aliphatic carbocycles. The third-order valence-corrected chi connectivity index (χ3v) is 1.94. The SMILES string of the molecule is CNC1=CC=C(N(C)C)CC=C1. The minimum absolute atomic E-state index is 1.01. The van der Waals surface area contributed by atoms with Gasteiger partial charge in [0.25, 0.3) is 0 Å². The van der Waals surface area contributed by atoms with Gasteiger partial charge in [-0.25, -0.2) is 0 Å². The molecule has 1 N–H and O–H groups in total. The van der Waals surface area contributed by atoms with Gasteiger partial charge in [-0.3, -0.25) is 0 Å². The summed E-state index contributed by atoms with van der Waals surface area (Å²) in [6.45, 7) is 0. The van der Waals surface area contributed by atoms with Crippen LogP contribution in [-0.4, -0.2) is 26.0 Å². The molecule has 1 rings (SSSR count). The fraction of sp³-hybridized carbons (Fsp3) is 0.400. The van der Waals surface area contributed by atoms with Gasteiger partial charge in [0.2, 0.25) is 0 Å². The molecule has 0 amide bonds. The van der Waals surface area contributed by atoms with E-state index in [1.165, 1.54) is 5.70 Å². The molecule has 0 aromatic heterocycles. The second-order valence-electron chi connectivity index (χ2n) is 3.03. The molecule has 2 nitrogen and oxygen atoms in total. The minimum atomic E-state index is 1.01. The Morgan fingerprint density at radius 1 is 1.33 bits per heavy atom. The van der Waals surface area contributed by atoms with Gasteiger partial charge in [0, 0.05) is 39.0 Å². The van der Waals surface area contributed by atoms with Gasteiger partial charge < -0.3 is 10.2 Å². The lowest BCUT2D eigenvalue weighted by atomic mass is 10.3. The number of nitrogens with zero attached hydrogens (tertiary/aromatic N) is 1. The van der Waals surface area contributed by atoms with Crippen molar-refractivity contribution >= 4 is 0 Å². The molecule has 0 aromatic rings. The lowest BCUT2D eigenvalue weighted by molar-refractivity contribution is 0.501. The molecule has 0 atom stereocenters. The van der Waals surface area contributed by atoms with Crippen molar-refractivity contribution in [1.29, 1.82) is 0 Å². The average molecular weight is 164 g/mol. The van der Waals surface area contributed by atoms with Gasteiger partial charge in [-0.15, -0.1) is 0 Å². The molecule has 0 unspecified atom stereocenters. The van der Waals surface area contributed by atoms with Crippen molar-refractivity contribution < 1.29 is 0 Å². The summed E-state index contributed by atoms with van der Waals surface area (Å²) in [6.07, 6.45) is 9.52. The quantitative estimate of drug-likeness (QED) is 0.665. The van der Waals surface area contributed by atoms with E-state index in [9.17, 15) is 0 Å². The maximum atomic E-state index is 3.11. The van der Waals surface area contributed by atoms with Gasteiger partial charge in [-0.2, -0.15) is 0 Å². The number of rotatable bonds is 2. The number of allylic oxidation sites excluding steroid dienone is 4. The highest BCUT2D eigenvalue weighted by atomic mass is 15.1. The predicted octanol–water partition coefficient (Wildman–Crippen LogP) is 1.50. The molecule has 0 saturated heterocycles. The van der Waals surface area contributed by atoms with Crippen molar-refractivity contribution in [2.45, 2.75) is 6.42 Å². The Morgan fingerprint density at radius 2 is 2.08 bits per heavy atom. The molecule has 0 fully saturated rings. The first-order chi connectivity index (χ1) is 5.74. The van der Waals surface area contributed by atoms with Crippen molar-refractivity contribution in [3.05, 3.63) is 35.7 Å². The topological polar surface area (TPSA) is 15.3 Å². The van der Waals surface area contributed by atoms with Gasteiger partial charge in [0.05, 0.1) is 0 Å². The van der Waals surface area contributed by atoms with Crippen LogP contribution in [0.3, 0.4) is 0 Å². The van der Waals surface area contributed by atoms with E-state index in [-0.39, 0.29) is 0 Å². The highest BCUT2D eigenvalue weighted by molar-refractivity contribution is 5.28. The Balaban J connectivity index is 2.77. The highest BCUT2D eigenvalue weighted by Gasteiger charge is 1.98. The molecule has 0 aromatic carbocycles. The number of hydrogen-bond donors (Lipinski definition) is 1. The first-order valence-corrected chi connectivity index (χ1v) is 4.16. The van der Waals surface area contributed by atoms with Crippen LogP contribution in [-0.2, 0) is 0 Å².